The number of carbonyl (C=O) groups is 1. The first-order valence-corrected chi connectivity index (χ1v) is 6.37. The Kier molecular flexibility index (Phi) is 3.14. The monoisotopic (exact) mass is 240 g/mol. The van der Waals surface area contributed by atoms with Crippen molar-refractivity contribution < 1.29 is 9.90 Å². The molecule has 0 spiro atoms. The molecule has 16 heavy (non-hydrogen) atoms. The lowest BCUT2D eigenvalue weighted by atomic mass is 9.93. The van der Waals surface area contributed by atoms with Gasteiger partial charge in [0.05, 0.1) is 6.20 Å². The van der Waals surface area contributed by atoms with E-state index in [0.29, 0.717) is 16.8 Å². The van der Waals surface area contributed by atoms with Crippen LogP contribution in [0, 0.1) is 5.92 Å². The average Bonchev–Trinajstić information content (AvgIpc) is 2.71. The molecular weight excluding hydrogens is 224 g/mol. The molecule has 0 bridgehead atoms. The molecule has 88 valence electrons. The van der Waals surface area contributed by atoms with Gasteiger partial charge in [-0.05, 0) is 25.7 Å². The van der Waals surface area contributed by atoms with Crippen LogP contribution in [0.15, 0.2) is 6.20 Å². The van der Waals surface area contributed by atoms with E-state index in [-0.39, 0.29) is 0 Å². The highest BCUT2D eigenvalue weighted by molar-refractivity contribution is 7.17. The number of anilines is 1. The average molecular weight is 240 g/mol. The zero-order valence-electron chi connectivity index (χ0n) is 9.51. The Hall–Kier alpha value is -1.10. The maximum atomic E-state index is 10.8. The molecule has 2 unspecified atom stereocenters. The summed E-state index contributed by atoms with van der Waals surface area (Å²) in [4.78, 5) is 17.6. The van der Waals surface area contributed by atoms with E-state index in [1.807, 2.05) is 0 Å². The summed E-state index contributed by atoms with van der Waals surface area (Å²) in [6, 6.07) is 0.446. The van der Waals surface area contributed by atoms with E-state index in [1.165, 1.54) is 24.0 Å². The molecule has 2 rings (SSSR count). The van der Waals surface area contributed by atoms with Gasteiger partial charge in [-0.3, -0.25) is 0 Å². The highest BCUT2D eigenvalue weighted by Crippen LogP contribution is 2.31. The number of hydrogen-bond acceptors (Lipinski definition) is 4. The van der Waals surface area contributed by atoms with Gasteiger partial charge in [-0.2, -0.15) is 0 Å². The van der Waals surface area contributed by atoms with Crippen molar-refractivity contribution in [2.45, 2.75) is 32.7 Å². The molecule has 0 radical (unpaired) electrons. The minimum atomic E-state index is -0.888. The minimum absolute atomic E-state index is 0.320. The highest BCUT2D eigenvalue weighted by atomic mass is 32.1. The van der Waals surface area contributed by atoms with Crippen molar-refractivity contribution in [1.29, 1.82) is 0 Å². The molecule has 1 N–H and O–H groups in total. The van der Waals surface area contributed by atoms with Crippen molar-refractivity contribution in [2.24, 2.45) is 5.92 Å². The van der Waals surface area contributed by atoms with E-state index < -0.39 is 5.97 Å². The van der Waals surface area contributed by atoms with Crippen molar-refractivity contribution in [3.63, 3.8) is 0 Å². The Morgan fingerprint density at radius 1 is 1.62 bits per heavy atom. The number of rotatable bonds is 2. The molecule has 4 nitrogen and oxygen atoms in total. The molecule has 0 aromatic carbocycles. The van der Waals surface area contributed by atoms with Crippen molar-refractivity contribution in [2.75, 3.05) is 11.4 Å². The van der Waals surface area contributed by atoms with Crippen LogP contribution >= 0.6 is 11.3 Å². The quantitative estimate of drug-likeness (QED) is 0.862. The van der Waals surface area contributed by atoms with Gasteiger partial charge in [0.25, 0.3) is 0 Å². The van der Waals surface area contributed by atoms with E-state index in [4.69, 9.17) is 5.11 Å². The van der Waals surface area contributed by atoms with Crippen LogP contribution in [-0.2, 0) is 0 Å². The Morgan fingerprint density at radius 3 is 3.00 bits per heavy atom. The molecule has 1 saturated heterocycles. The van der Waals surface area contributed by atoms with E-state index in [0.717, 1.165) is 18.1 Å². The van der Waals surface area contributed by atoms with Crippen LogP contribution in [0.3, 0.4) is 0 Å². The molecule has 1 aromatic rings. The van der Waals surface area contributed by atoms with Crippen LogP contribution < -0.4 is 4.90 Å². The third-order valence-corrected chi connectivity index (χ3v) is 4.35. The summed E-state index contributed by atoms with van der Waals surface area (Å²) >= 11 is 1.27. The van der Waals surface area contributed by atoms with Crippen LogP contribution in [-0.4, -0.2) is 28.6 Å². The van der Waals surface area contributed by atoms with E-state index in [2.05, 4.69) is 23.7 Å². The zero-order valence-corrected chi connectivity index (χ0v) is 10.3. The van der Waals surface area contributed by atoms with Crippen molar-refractivity contribution in [3.05, 3.63) is 11.1 Å². The Bertz CT molecular complexity index is 391. The number of carboxylic acids is 1. The molecule has 5 heteroatoms. The third kappa shape index (κ3) is 2.04. The topological polar surface area (TPSA) is 53.4 Å². The fourth-order valence-electron chi connectivity index (χ4n) is 2.10. The summed E-state index contributed by atoms with van der Waals surface area (Å²) in [5.41, 5.74) is 0. The van der Waals surface area contributed by atoms with Gasteiger partial charge in [0.2, 0.25) is 0 Å². The van der Waals surface area contributed by atoms with E-state index in [9.17, 15) is 4.79 Å². The second-order valence-electron chi connectivity index (χ2n) is 4.37. The normalized spacial score (nSPS) is 25.8. The fourth-order valence-corrected chi connectivity index (χ4v) is 2.97. The van der Waals surface area contributed by atoms with Crippen LogP contribution in [0.2, 0.25) is 0 Å². The van der Waals surface area contributed by atoms with Gasteiger partial charge in [-0.1, -0.05) is 18.3 Å². The van der Waals surface area contributed by atoms with E-state index >= 15 is 0 Å². The molecule has 2 atom stereocenters. The molecule has 1 aromatic heterocycles. The highest BCUT2D eigenvalue weighted by Gasteiger charge is 2.27. The Labute approximate surface area is 98.9 Å². The van der Waals surface area contributed by atoms with Gasteiger partial charge in [-0.25, -0.2) is 9.78 Å². The molecule has 0 amide bonds. The molecule has 0 saturated carbocycles. The predicted molar refractivity (Wildman–Crippen MR) is 64.3 cm³/mol. The molecule has 1 fully saturated rings. The van der Waals surface area contributed by atoms with Crippen molar-refractivity contribution in [1.82, 2.24) is 4.98 Å². The lowest BCUT2D eigenvalue weighted by molar-refractivity contribution is 0.0702. The maximum absolute atomic E-state index is 10.8. The number of hydrogen-bond donors (Lipinski definition) is 1. The first-order chi connectivity index (χ1) is 7.59. The summed E-state index contributed by atoms with van der Waals surface area (Å²) in [6.45, 7) is 5.41. The molecular formula is C11H16N2O2S. The molecule has 2 heterocycles. The predicted octanol–water partition coefficient (Wildman–Crippen LogP) is 2.47. The SMILES string of the molecule is CC1CCCN(c2ncc(C(=O)O)s2)C1C. The first kappa shape index (κ1) is 11.4. The Morgan fingerprint density at radius 2 is 2.38 bits per heavy atom. The number of nitrogens with zero attached hydrogens (tertiary/aromatic N) is 2. The summed E-state index contributed by atoms with van der Waals surface area (Å²) in [5, 5.41) is 9.71. The van der Waals surface area contributed by atoms with Crippen LogP contribution in [0.5, 0.6) is 0 Å². The standard InChI is InChI=1S/C11H16N2O2S/c1-7-4-3-5-13(8(7)2)11-12-6-9(16-11)10(14)15/h6-8H,3-5H2,1-2H3,(H,14,15). The van der Waals surface area contributed by atoms with Crippen LogP contribution in [0.25, 0.3) is 0 Å². The summed E-state index contributed by atoms with van der Waals surface area (Å²) < 4.78 is 0. The van der Waals surface area contributed by atoms with Crippen LogP contribution in [0.4, 0.5) is 5.13 Å². The fraction of sp³-hybridized carbons (Fsp3) is 0.636. The summed E-state index contributed by atoms with van der Waals surface area (Å²) in [5.74, 6) is -0.243. The number of carboxylic acid groups (broad SMARTS) is 1. The molecule has 0 aliphatic carbocycles. The Balaban J connectivity index is 2.19. The second-order valence-corrected chi connectivity index (χ2v) is 5.37. The zero-order chi connectivity index (χ0) is 11.7. The first-order valence-electron chi connectivity index (χ1n) is 5.55. The van der Waals surface area contributed by atoms with E-state index in [1.54, 1.807) is 0 Å². The van der Waals surface area contributed by atoms with Crippen molar-refractivity contribution in [3.8, 4) is 0 Å². The lowest BCUT2D eigenvalue weighted by Crippen LogP contribution is -2.42. The smallest absolute Gasteiger partial charge is 0.347 e. The third-order valence-electron chi connectivity index (χ3n) is 3.32. The van der Waals surface area contributed by atoms with Gasteiger partial charge in [0, 0.05) is 12.6 Å². The van der Waals surface area contributed by atoms with Gasteiger partial charge >= 0.3 is 5.97 Å². The van der Waals surface area contributed by atoms with Crippen molar-refractivity contribution >= 4 is 22.4 Å². The lowest BCUT2D eigenvalue weighted by Gasteiger charge is -2.37. The number of aromatic carboxylic acids is 1. The molecule has 1 aliphatic rings. The van der Waals surface area contributed by atoms with Gasteiger partial charge in [-0.15, -0.1) is 0 Å². The number of aromatic nitrogens is 1. The number of piperidine rings is 1. The number of thiazole rings is 1. The maximum Gasteiger partial charge on any atom is 0.347 e. The van der Waals surface area contributed by atoms with Gasteiger partial charge in [0.1, 0.15) is 4.88 Å². The second kappa shape index (κ2) is 4.41. The van der Waals surface area contributed by atoms with Gasteiger partial charge in [0.15, 0.2) is 5.13 Å². The largest absolute Gasteiger partial charge is 0.477 e. The minimum Gasteiger partial charge on any atom is -0.477 e. The molecule has 1 aliphatic heterocycles. The summed E-state index contributed by atoms with van der Waals surface area (Å²) in [7, 11) is 0. The van der Waals surface area contributed by atoms with Crippen LogP contribution in [0.1, 0.15) is 36.4 Å². The summed E-state index contributed by atoms with van der Waals surface area (Å²) in [6.07, 6.45) is 3.86. The van der Waals surface area contributed by atoms with Gasteiger partial charge < -0.3 is 10.0 Å².